The fourth-order valence-corrected chi connectivity index (χ4v) is 3.21. The van der Waals surface area contributed by atoms with Gasteiger partial charge in [0.05, 0.1) is 6.54 Å². The Hall–Kier alpha value is -2.58. The first kappa shape index (κ1) is 19.2. The number of hydrogen-bond acceptors (Lipinski definition) is 5. The molecule has 0 unspecified atom stereocenters. The van der Waals surface area contributed by atoms with E-state index in [9.17, 15) is 9.59 Å². The number of hydrogen-bond donors (Lipinski definition) is 2. The van der Waals surface area contributed by atoms with Crippen LogP contribution in [0.2, 0.25) is 5.02 Å². The van der Waals surface area contributed by atoms with Gasteiger partial charge in [-0.1, -0.05) is 30.7 Å². The molecule has 0 radical (unpaired) electrons. The van der Waals surface area contributed by atoms with E-state index in [1.165, 1.54) is 11.6 Å². The average molecular weight is 391 g/mol. The van der Waals surface area contributed by atoms with Crippen molar-refractivity contribution in [2.45, 2.75) is 13.5 Å². The molecule has 8 nitrogen and oxygen atoms in total. The van der Waals surface area contributed by atoms with Crippen LogP contribution < -0.4 is 21.9 Å². The minimum absolute atomic E-state index is 0.357. The Morgan fingerprint density at radius 1 is 1.15 bits per heavy atom. The largest absolute Gasteiger partial charge is 0.354 e. The molecule has 0 spiro atoms. The van der Waals surface area contributed by atoms with Gasteiger partial charge < -0.3 is 10.6 Å². The van der Waals surface area contributed by atoms with Crippen molar-refractivity contribution < 1.29 is 0 Å². The maximum atomic E-state index is 12.8. The van der Waals surface area contributed by atoms with Crippen LogP contribution in [0.5, 0.6) is 0 Å². The van der Waals surface area contributed by atoms with E-state index in [0.717, 1.165) is 23.2 Å². The van der Waals surface area contributed by atoms with E-state index in [0.29, 0.717) is 35.2 Å². The van der Waals surface area contributed by atoms with Gasteiger partial charge in [-0.2, -0.15) is 4.98 Å². The molecule has 0 bridgehead atoms. The van der Waals surface area contributed by atoms with E-state index < -0.39 is 5.69 Å². The van der Waals surface area contributed by atoms with Crippen molar-refractivity contribution in [2.75, 3.05) is 25.0 Å². The highest BCUT2D eigenvalue weighted by Crippen LogP contribution is 2.19. The van der Waals surface area contributed by atoms with Gasteiger partial charge >= 0.3 is 5.69 Å². The number of nitrogens with zero attached hydrogens (tertiary/aromatic N) is 4. The number of benzene rings is 1. The third-order valence-electron chi connectivity index (χ3n) is 4.41. The van der Waals surface area contributed by atoms with Crippen LogP contribution in [0, 0.1) is 0 Å². The molecule has 0 aliphatic carbocycles. The summed E-state index contributed by atoms with van der Waals surface area (Å²) in [7, 11) is 3.09. The summed E-state index contributed by atoms with van der Waals surface area (Å²) < 4.78 is 4.29. The number of aromatic nitrogens is 4. The third-order valence-corrected chi connectivity index (χ3v) is 4.65. The molecule has 2 N–H and O–H groups in total. The number of imidazole rings is 1. The summed E-state index contributed by atoms with van der Waals surface area (Å²) in [5.74, 6) is 0.543. The Morgan fingerprint density at radius 3 is 2.63 bits per heavy atom. The zero-order valence-corrected chi connectivity index (χ0v) is 16.4. The second kappa shape index (κ2) is 7.98. The summed E-state index contributed by atoms with van der Waals surface area (Å²) in [5.41, 5.74) is 0.899. The molecule has 3 aromatic rings. The molecule has 0 saturated heterocycles. The zero-order valence-electron chi connectivity index (χ0n) is 15.6. The van der Waals surface area contributed by atoms with Crippen LogP contribution in [0.4, 0.5) is 5.95 Å². The molecule has 144 valence electrons. The highest BCUT2D eigenvalue weighted by Gasteiger charge is 2.19. The van der Waals surface area contributed by atoms with Crippen LogP contribution in [0.15, 0.2) is 33.9 Å². The molecule has 2 aromatic heterocycles. The summed E-state index contributed by atoms with van der Waals surface area (Å²) in [4.78, 5) is 29.6. The lowest BCUT2D eigenvalue weighted by molar-refractivity contribution is 0.702. The number of rotatable bonds is 7. The van der Waals surface area contributed by atoms with Crippen LogP contribution in [-0.2, 0) is 20.6 Å². The standard InChI is InChI=1S/C18H23ClN6O2/c1-4-20-8-9-21-17-22-15-14(16(26)24(3)18(27)23(15)2)25(17)11-12-6-5-7-13(19)10-12/h5-7,10,20H,4,8-9,11H2,1-3H3,(H,21,22). The van der Waals surface area contributed by atoms with Gasteiger partial charge in [-0.05, 0) is 24.2 Å². The minimum Gasteiger partial charge on any atom is -0.354 e. The van der Waals surface area contributed by atoms with E-state index in [1.807, 2.05) is 25.1 Å². The number of nitrogens with one attached hydrogen (secondary N) is 2. The fraction of sp³-hybridized carbons (Fsp3) is 0.389. The molecule has 0 saturated carbocycles. The average Bonchev–Trinajstić information content (AvgIpc) is 3.00. The Labute approximate surface area is 161 Å². The number of halogens is 1. The Morgan fingerprint density at radius 2 is 1.93 bits per heavy atom. The van der Waals surface area contributed by atoms with Crippen LogP contribution in [0.3, 0.4) is 0 Å². The van der Waals surface area contributed by atoms with Gasteiger partial charge in [0.25, 0.3) is 5.56 Å². The lowest BCUT2D eigenvalue weighted by Gasteiger charge is -2.11. The van der Waals surface area contributed by atoms with Crippen LogP contribution in [0.1, 0.15) is 12.5 Å². The van der Waals surface area contributed by atoms with Gasteiger partial charge in [-0.3, -0.25) is 18.5 Å². The topological polar surface area (TPSA) is 85.9 Å². The predicted molar refractivity (Wildman–Crippen MR) is 108 cm³/mol. The quantitative estimate of drug-likeness (QED) is 0.591. The molecule has 0 fully saturated rings. The van der Waals surface area contributed by atoms with Crippen molar-refractivity contribution in [3.8, 4) is 0 Å². The summed E-state index contributed by atoms with van der Waals surface area (Å²) in [6, 6.07) is 7.45. The van der Waals surface area contributed by atoms with Gasteiger partial charge in [0.1, 0.15) is 0 Å². The molecule has 3 rings (SSSR count). The smallest absolute Gasteiger partial charge is 0.332 e. The lowest BCUT2D eigenvalue weighted by Crippen LogP contribution is -2.37. The van der Waals surface area contributed by atoms with Crippen molar-refractivity contribution in [3.63, 3.8) is 0 Å². The van der Waals surface area contributed by atoms with E-state index >= 15 is 0 Å². The molecule has 0 atom stereocenters. The monoisotopic (exact) mass is 390 g/mol. The molecular weight excluding hydrogens is 368 g/mol. The van der Waals surface area contributed by atoms with E-state index in [4.69, 9.17) is 11.6 Å². The maximum Gasteiger partial charge on any atom is 0.332 e. The summed E-state index contributed by atoms with van der Waals surface area (Å²) in [6.07, 6.45) is 0. The third kappa shape index (κ3) is 3.77. The van der Waals surface area contributed by atoms with Gasteiger partial charge in [0, 0.05) is 32.2 Å². The van der Waals surface area contributed by atoms with Crippen molar-refractivity contribution in [3.05, 3.63) is 55.7 Å². The summed E-state index contributed by atoms with van der Waals surface area (Å²) >= 11 is 6.10. The van der Waals surface area contributed by atoms with E-state index in [1.54, 1.807) is 17.7 Å². The molecule has 1 aromatic carbocycles. The van der Waals surface area contributed by atoms with Crippen LogP contribution in [-0.4, -0.2) is 38.3 Å². The molecular formula is C18H23ClN6O2. The SMILES string of the molecule is CCNCCNc1nc2c(c(=O)n(C)c(=O)n2C)n1Cc1cccc(Cl)c1. The van der Waals surface area contributed by atoms with E-state index in [-0.39, 0.29) is 5.56 Å². The summed E-state index contributed by atoms with van der Waals surface area (Å²) in [6.45, 7) is 4.71. The van der Waals surface area contributed by atoms with Crippen LogP contribution in [0.25, 0.3) is 11.2 Å². The molecule has 0 amide bonds. The number of anilines is 1. The van der Waals surface area contributed by atoms with Gasteiger partial charge in [-0.25, -0.2) is 4.79 Å². The number of fused-ring (bicyclic) bond motifs is 1. The predicted octanol–water partition coefficient (Wildman–Crippen LogP) is 1.16. The Balaban J connectivity index is 2.14. The maximum absolute atomic E-state index is 12.8. The second-order valence-electron chi connectivity index (χ2n) is 6.31. The van der Waals surface area contributed by atoms with Crippen molar-refractivity contribution in [2.24, 2.45) is 14.1 Å². The minimum atomic E-state index is -0.404. The van der Waals surface area contributed by atoms with Gasteiger partial charge in [-0.15, -0.1) is 0 Å². The van der Waals surface area contributed by atoms with Gasteiger partial charge in [0.2, 0.25) is 5.95 Å². The van der Waals surface area contributed by atoms with Crippen LogP contribution >= 0.6 is 11.6 Å². The number of likely N-dealkylation sites (N-methyl/N-ethyl adjacent to an activating group) is 1. The zero-order chi connectivity index (χ0) is 19.6. The fourth-order valence-electron chi connectivity index (χ4n) is 2.99. The number of aryl methyl sites for hydroxylation is 1. The van der Waals surface area contributed by atoms with Crippen molar-refractivity contribution in [1.29, 1.82) is 0 Å². The molecule has 0 aliphatic rings. The Kier molecular flexibility index (Phi) is 5.67. The molecule has 0 aliphatic heterocycles. The first-order chi connectivity index (χ1) is 12.9. The Bertz CT molecular complexity index is 1080. The normalized spacial score (nSPS) is 11.3. The van der Waals surface area contributed by atoms with E-state index in [2.05, 4.69) is 15.6 Å². The molecule has 2 heterocycles. The van der Waals surface area contributed by atoms with Gasteiger partial charge in [0.15, 0.2) is 11.2 Å². The second-order valence-corrected chi connectivity index (χ2v) is 6.75. The highest BCUT2D eigenvalue weighted by atomic mass is 35.5. The molecule has 27 heavy (non-hydrogen) atoms. The summed E-state index contributed by atoms with van der Waals surface area (Å²) in [5, 5.41) is 7.11. The first-order valence-corrected chi connectivity index (χ1v) is 9.17. The lowest BCUT2D eigenvalue weighted by atomic mass is 10.2. The van der Waals surface area contributed by atoms with Crippen molar-refractivity contribution in [1.82, 2.24) is 24.0 Å². The highest BCUT2D eigenvalue weighted by molar-refractivity contribution is 6.30. The van der Waals surface area contributed by atoms with Crippen molar-refractivity contribution >= 4 is 28.7 Å². The molecule has 9 heteroatoms. The first-order valence-electron chi connectivity index (χ1n) is 8.79.